The Bertz CT molecular complexity index is 614. The molecule has 1 aromatic carbocycles. The van der Waals surface area contributed by atoms with Gasteiger partial charge in [-0.1, -0.05) is 30.5 Å². The summed E-state index contributed by atoms with van der Waals surface area (Å²) in [4.78, 5) is 3.59. The molecule has 1 saturated heterocycles. The summed E-state index contributed by atoms with van der Waals surface area (Å²) in [6, 6.07) is 6.58. The number of morpholine rings is 1. The molecule has 1 aliphatic rings. The summed E-state index contributed by atoms with van der Waals surface area (Å²) in [6.45, 7) is 7.52. The van der Waals surface area contributed by atoms with Gasteiger partial charge in [-0.05, 0) is 35.1 Å². The summed E-state index contributed by atoms with van der Waals surface area (Å²) in [5, 5.41) is 4.24. The van der Waals surface area contributed by atoms with E-state index in [0.29, 0.717) is 12.5 Å². The maximum atomic E-state index is 13.0. The lowest BCUT2D eigenvalue weighted by molar-refractivity contribution is -0.0327. The van der Waals surface area contributed by atoms with E-state index in [1.165, 1.54) is 28.5 Å². The molecule has 1 aliphatic heterocycles. The SMILES string of the molecule is CC(C)c1nnsc1CN1CCO[C@@H](c2ccc(F)cc2)C1. The summed E-state index contributed by atoms with van der Waals surface area (Å²) in [5.41, 5.74) is 2.12. The van der Waals surface area contributed by atoms with Gasteiger partial charge >= 0.3 is 0 Å². The monoisotopic (exact) mass is 321 g/mol. The van der Waals surface area contributed by atoms with E-state index in [1.54, 1.807) is 12.1 Å². The van der Waals surface area contributed by atoms with Gasteiger partial charge in [0.25, 0.3) is 0 Å². The summed E-state index contributed by atoms with van der Waals surface area (Å²) in [7, 11) is 0. The van der Waals surface area contributed by atoms with Gasteiger partial charge in [0, 0.05) is 19.6 Å². The number of ether oxygens (including phenoxy) is 1. The van der Waals surface area contributed by atoms with Gasteiger partial charge in [0.2, 0.25) is 0 Å². The first-order valence-electron chi connectivity index (χ1n) is 7.54. The van der Waals surface area contributed by atoms with Gasteiger partial charge in [-0.2, -0.15) is 0 Å². The van der Waals surface area contributed by atoms with Crippen LogP contribution in [0.25, 0.3) is 0 Å². The van der Waals surface area contributed by atoms with Crippen LogP contribution in [0.5, 0.6) is 0 Å². The zero-order valence-electron chi connectivity index (χ0n) is 12.8. The Kier molecular flexibility index (Phi) is 4.81. The fourth-order valence-electron chi connectivity index (χ4n) is 2.69. The molecule has 22 heavy (non-hydrogen) atoms. The topological polar surface area (TPSA) is 38.2 Å². The van der Waals surface area contributed by atoms with Crippen LogP contribution in [0.15, 0.2) is 24.3 Å². The minimum atomic E-state index is -0.214. The van der Waals surface area contributed by atoms with E-state index in [0.717, 1.165) is 30.9 Å². The molecule has 0 saturated carbocycles. The highest BCUT2D eigenvalue weighted by Gasteiger charge is 2.24. The molecular weight excluding hydrogens is 301 g/mol. The quantitative estimate of drug-likeness (QED) is 0.865. The largest absolute Gasteiger partial charge is 0.371 e. The van der Waals surface area contributed by atoms with Gasteiger partial charge in [-0.15, -0.1) is 5.10 Å². The van der Waals surface area contributed by atoms with Crippen molar-refractivity contribution >= 4 is 11.5 Å². The van der Waals surface area contributed by atoms with E-state index in [-0.39, 0.29) is 11.9 Å². The van der Waals surface area contributed by atoms with Gasteiger partial charge in [-0.25, -0.2) is 4.39 Å². The Labute approximate surface area is 134 Å². The number of rotatable bonds is 4. The predicted octanol–water partition coefficient (Wildman–Crippen LogP) is 3.37. The van der Waals surface area contributed by atoms with Crippen LogP contribution in [0.2, 0.25) is 0 Å². The summed E-state index contributed by atoms with van der Waals surface area (Å²) < 4.78 is 23.0. The number of halogens is 1. The van der Waals surface area contributed by atoms with Crippen LogP contribution in [-0.4, -0.2) is 34.2 Å². The Balaban J connectivity index is 1.68. The molecule has 0 aliphatic carbocycles. The molecule has 3 rings (SSSR count). The average molecular weight is 321 g/mol. The van der Waals surface area contributed by atoms with Crippen LogP contribution >= 0.6 is 11.5 Å². The number of benzene rings is 1. The fraction of sp³-hybridized carbons (Fsp3) is 0.500. The summed E-state index contributed by atoms with van der Waals surface area (Å²) in [6.07, 6.45) is -0.00210. The van der Waals surface area contributed by atoms with E-state index >= 15 is 0 Å². The van der Waals surface area contributed by atoms with Crippen molar-refractivity contribution in [3.63, 3.8) is 0 Å². The van der Waals surface area contributed by atoms with Gasteiger partial charge in [0.15, 0.2) is 0 Å². The van der Waals surface area contributed by atoms with Crippen molar-refractivity contribution in [2.75, 3.05) is 19.7 Å². The van der Waals surface area contributed by atoms with Gasteiger partial charge in [0.05, 0.1) is 23.3 Å². The normalized spacial score (nSPS) is 19.7. The van der Waals surface area contributed by atoms with Gasteiger partial charge in [-0.3, -0.25) is 4.90 Å². The highest BCUT2D eigenvalue weighted by molar-refractivity contribution is 7.05. The van der Waals surface area contributed by atoms with Crippen LogP contribution in [0.1, 0.15) is 42.0 Å². The minimum Gasteiger partial charge on any atom is -0.371 e. The van der Waals surface area contributed by atoms with Crippen molar-refractivity contribution < 1.29 is 9.13 Å². The molecule has 1 fully saturated rings. The van der Waals surface area contributed by atoms with Crippen molar-refractivity contribution in [1.82, 2.24) is 14.5 Å². The van der Waals surface area contributed by atoms with Gasteiger partial charge < -0.3 is 4.74 Å². The molecule has 0 unspecified atom stereocenters. The molecule has 0 spiro atoms. The maximum absolute atomic E-state index is 13.0. The first kappa shape index (κ1) is 15.5. The Hall–Kier alpha value is -1.37. The fourth-order valence-corrected chi connectivity index (χ4v) is 3.53. The average Bonchev–Trinajstić information content (AvgIpc) is 2.96. The van der Waals surface area contributed by atoms with Crippen molar-refractivity contribution in [3.05, 3.63) is 46.2 Å². The van der Waals surface area contributed by atoms with Crippen molar-refractivity contribution in [2.45, 2.75) is 32.4 Å². The second-order valence-electron chi connectivity index (χ2n) is 5.88. The summed E-state index contributed by atoms with van der Waals surface area (Å²) >= 11 is 1.48. The molecule has 1 aromatic heterocycles. The third-order valence-electron chi connectivity index (χ3n) is 3.89. The lowest BCUT2D eigenvalue weighted by atomic mass is 10.1. The van der Waals surface area contributed by atoms with E-state index in [4.69, 9.17) is 4.74 Å². The van der Waals surface area contributed by atoms with E-state index in [2.05, 4.69) is 28.3 Å². The Morgan fingerprint density at radius 2 is 2.14 bits per heavy atom. The van der Waals surface area contributed by atoms with Crippen LogP contribution in [-0.2, 0) is 11.3 Å². The molecule has 118 valence electrons. The lowest BCUT2D eigenvalue weighted by Gasteiger charge is -2.33. The number of nitrogens with zero attached hydrogens (tertiary/aromatic N) is 3. The lowest BCUT2D eigenvalue weighted by Crippen LogP contribution is -2.37. The number of hydrogen-bond acceptors (Lipinski definition) is 5. The molecule has 1 atom stereocenters. The zero-order chi connectivity index (χ0) is 15.5. The van der Waals surface area contributed by atoms with E-state index in [1.807, 2.05) is 0 Å². The molecule has 0 amide bonds. The van der Waals surface area contributed by atoms with Crippen molar-refractivity contribution in [3.8, 4) is 0 Å². The molecule has 0 bridgehead atoms. The first-order valence-corrected chi connectivity index (χ1v) is 8.31. The molecule has 0 N–H and O–H groups in total. The Morgan fingerprint density at radius 3 is 2.86 bits per heavy atom. The van der Waals surface area contributed by atoms with E-state index in [9.17, 15) is 4.39 Å². The molecule has 4 nitrogen and oxygen atoms in total. The smallest absolute Gasteiger partial charge is 0.123 e. The molecular formula is C16H20FN3OS. The third-order valence-corrected chi connectivity index (χ3v) is 4.61. The van der Waals surface area contributed by atoms with Gasteiger partial charge in [0.1, 0.15) is 5.82 Å². The molecule has 0 radical (unpaired) electrons. The number of hydrogen-bond donors (Lipinski definition) is 0. The van der Waals surface area contributed by atoms with Crippen LogP contribution < -0.4 is 0 Å². The second kappa shape index (κ2) is 6.81. The Morgan fingerprint density at radius 1 is 1.36 bits per heavy atom. The molecule has 2 aromatic rings. The van der Waals surface area contributed by atoms with Crippen LogP contribution in [0.3, 0.4) is 0 Å². The first-order chi connectivity index (χ1) is 10.6. The summed E-state index contributed by atoms with van der Waals surface area (Å²) in [5.74, 6) is 0.177. The molecule has 2 heterocycles. The predicted molar refractivity (Wildman–Crippen MR) is 84.4 cm³/mol. The third kappa shape index (κ3) is 3.51. The van der Waals surface area contributed by atoms with Crippen molar-refractivity contribution in [1.29, 1.82) is 0 Å². The van der Waals surface area contributed by atoms with Crippen LogP contribution in [0.4, 0.5) is 4.39 Å². The second-order valence-corrected chi connectivity index (χ2v) is 6.72. The maximum Gasteiger partial charge on any atom is 0.123 e. The van der Waals surface area contributed by atoms with E-state index < -0.39 is 0 Å². The van der Waals surface area contributed by atoms with Crippen LogP contribution in [0, 0.1) is 5.82 Å². The highest BCUT2D eigenvalue weighted by Crippen LogP contribution is 2.26. The standard InChI is InChI=1S/C16H20FN3OS/c1-11(2)16-15(22-19-18-16)10-20-7-8-21-14(9-20)12-3-5-13(17)6-4-12/h3-6,11,14H,7-10H2,1-2H3/t14-/m1/s1. The minimum absolute atomic E-state index is 0.00210. The van der Waals surface area contributed by atoms with Crippen molar-refractivity contribution in [2.24, 2.45) is 0 Å². The highest BCUT2D eigenvalue weighted by atomic mass is 32.1. The molecule has 6 heteroatoms. The zero-order valence-corrected chi connectivity index (χ0v) is 13.6. The number of aromatic nitrogens is 2.